The zero-order valence-corrected chi connectivity index (χ0v) is 5.82. The van der Waals surface area contributed by atoms with Crippen LogP contribution in [0.25, 0.3) is 11.5 Å². The Labute approximate surface area is 64.7 Å². The van der Waals surface area contributed by atoms with Gasteiger partial charge in [-0.25, -0.2) is 0 Å². The predicted octanol–water partition coefficient (Wildman–Crippen LogP) is 1.75. The lowest BCUT2D eigenvalue weighted by atomic mass is 10.1. The maximum Gasteiger partial charge on any atom is 0.150 e. The zero-order valence-electron chi connectivity index (χ0n) is 5.82. The van der Waals surface area contributed by atoms with Crippen LogP contribution < -0.4 is 0 Å². The summed E-state index contributed by atoms with van der Waals surface area (Å²) in [5.41, 5.74) is 1.35. The summed E-state index contributed by atoms with van der Waals surface area (Å²) in [6.07, 6.45) is 2.15. The van der Waals surface area contributed by atoms with Gasteiger partial charge in [-0.05, 0) is 17.7 Å². The third-order valence-electron chi connectivity index (χ3n) is 1.28. The van der Waals surface area contributed by atoms with Crippen molar-refractivity contribution in [3.8, 4) is 0 Å². The van der Waals surface area contributed by atoms with Crippen molar-refractivity contribution in [3.05, 3.63) is 40.8 Å². The molecule has 2 heteroatoms. The Morgan fingerprint density at radius 1 is 1.36 bits per heavy atom. The van der Waals surface area contributed by atoms with Crippen molar-refractivity contribution in [3.63, 3.8) is 0 Å². The molecule has 2 nitrogen and oxygen atoms in total. The molecule has 11 heavy (non-hydrogen) atoms. The van der Waals surface area contributed by atoms with E-state index >= 15 is 0 Å². The molecule has 1 rings (SSSR count). The van der Waals surface area contributed by atoms with E-state index < -0.39 is 0 Å². The molecule has 0 heterocycles. The van der Waals surface area contributed by atoms with Gasteiger partial charge >= 0.3 is 0 Å². The van der Waals surface area contributed by atoms with Crippen LogP contribution in [-0.2, 0) is 0 Å². The van der Waals surface area contributed by atoms with Gasteiger partial charge in [0.1, 0.15) is 6.29 Å². The maximum absolute atomic E-state index is 10.3. The minimum Gasteiger partial charge on any atom is -0.763 e. The summed E-state index contributed by atoms with van der Waals surface area (Å²) in [5.74, 6) is 1.89. The highest BCUT2D eigenvalue weighted by Gasteiger charge is 1.88. The monoisotopic (exact) mass is 144 g/mol. The average molecular weight is 144 g/mol. The molecule has 0 radical (unpaired) electrons. The Bertz CT molecular complexity index is 311. The number of aldehydes is 1. The maximum atomic E-state index is 10.3. The molecule has 1 aromatic carbocycles. The van der Waals surface area contributed by atoms with E-state index in [-0.39, 0.29) is 0 Å². The van der Waals surface area contributed by atoms with Crippen molar-refractivity contribution < 1.29 is 4.79 Å². The molecule has 0 bridgehead atoms. The van der Waals surface area contributed by atoms with Crippen LogP contribution in [0.15, 0.2) is 24.3 Å². The number of benzene rings is 1. The van der Waals surface area contributed by atoms with Gasteiger partial charge in [0.25, 0.3) is 0 Å². The van der Waals surface area contributed by atoms with Crippen LogP contribution >= 0.6 is 0 Å². The first-order valence-corrected chi connectivity index (χ1v) is 3.15. The molecule has 0 aliphatic rings. The molecular weight excluding hydrogens is 138 g/mol. The van der Waals surface area contributed by atoms with E-state index in [1.165, 1.54) is 6.08 Å². The standard InChI is InChI=1S/C9H6NO/c10-5-4-8-2-1-3-9(6-8)7-11/h1-4,6-7H/q-1. The van der Waals surface area contributed by atoms with Crippen LogP contribution in [-0.4, -0.2) is 12.2 Å². The van der Waals surface area contributed by atoms with Crippen molar-refractivity contribution in [2.24, 2.45) is 0 Å². The van der Waals surface area contributed by atoms with Gasteiger partial charge in [-0.2, -0.15) is 0 Å². The summed E-state index contributed by atoms with van der Waals surface area (Å²) in [4.78, 5) is 10.3. The van der Waals surface area contributed by atoms with Gasteiger partial charge < -0.3 is 5.41 Å². The number of rotatable bonds is 2. The Kier molecular flexibility index (Phi) is 2.37. The van der Waals surface area contributed by atoms with Crippen LogP contribution in [0.1, 0.15) is 15.9 Å². The van der Waals surface area contributed by atoms with Gasteiger partial charge in [0, 0.05) is 5.56 Å². The third-order valence-corrected chi connectivity index (χ3v) is 1.28. The molecule has 0 aliphatic heterocycles. The molecule has 0 amide bonds. The van der Waals surface area contributed by atoms with Gasteiger partial charge in [-0.3, -0.25) is 10.7 Å². The molecule has 0 aliphatic carbocycles. The number of carbonyl (C=O) groups excluding carboxylic acids is 1. The van der Waals surface area contributed by atoms with Crippen LogP contribution in [0.3, 0.4) is 0 Å². The number of hydrogen-bond acceptors (Lipinski definition) is 1. The molecule has 0 saturated heterocycles. The molecule has 1 aromatic rings. The van der Waals surface area contributed by atoms with E-state index in [1.807, 2.05) is 5.87 Å². The molecule has 0 spiro atoms. The van der Waals surface area contributed by atoms with E-state index in [4.69, 9.17) is 5.41 Å². The molecule has 0 N–H and O–H groups in total. The fraction of sp³-hybridized carbons (Fsp3) is 0. The highest BCUT2D eigenvalue weighted by molar-refractivity contribution is 5.82. The quantitative estimate of drug-likeness (QED) is 0.460. The summed E-state index contributed by atoms with van der Waals surface area (Å²) in [6.45, 7) is 0. The summed E-state index contributed by atoms with van der Waals surface area (Å²) >= 11 is 0. The SMILES string of the molecule is [N-]=C=Cc1cccc(C=O)c1. The lowest BCUT2D eigenvalue weighted by Gasteiger charge is -1.92. The molecule has 0 saturated carbocycles. The van der Waals surface area contributed by atoms with E-state index in [1.54, 1.807) is 24.3 Å². The topological polar surface area (TPSA) is 39.4 Å². The number of carbonyl (C=O) groups is 1. The Hall–Kier alpha value is -1.66. The summed E-state index contributed by atoms with van der Waals surface area (Å²) in [6, 6.07) is 6.88. The second kappa shape index (κ2) is 3.49. The summed E-state index contributed by atoms with van der Waals surface area (Å²) in [7, 11) is 0. The lowest BCUT2D eigenvalue weighted by molar-refractivity contribution is 0.112. The fourth-order valence-corrected chi connectivity index (χ4v) is 0.797. The average Bonchev–Trinajstić information content (AvgIpc) is 2.06. The van der Waals surface area contributed by atoms with E-state index in [0.717, 1.165) is 11.8 Å². The smallest absolute Gasteiger partial charge is 0.150 e. The first-order chi connectivity index (χ1) is 5.36. The Balaban J connectivity index is 3.09. The number of hydrogen-bond donors (Lipinski definition) is 0. The largest absolute Gasteiger partial charge is 0.763 e. The Morgan fingerprint density at radius 3 is 2.73 bits per heavy atom. The molecule has 0 aromatic heterocycles. The lowest BCUT2D eigenvalue weighted by Crippen LogP contribution is -1.79. The van der Waals surface area contributed by atoms with Crippen LogP contribution in [0.5, 0.6) is 0 Å². The normalized spacial score (nSPS) is 8.36. The minimum atomic E-state index is 0.592. The molecule has 0 unspecified atom stereocenters. The minimum absolute atomic E-state index is 0.592. The van der Waals surface area contributed by atoms with Crippen molar-refractivity contribution in [2.75, 3.05) is 0 Å². The van der Waals surface area contributed by atoms with Gasteiger partial charge in [0.15, 0.2) is 0 Å². The second-order valence-corrected chi connectivity index (χ2v) is 2.06. The molecule has 0 fully saturated rings. The van der Waals surface area contributed by atoms with Gasteiger partial charge in [-0.15, -0.1) is 0 Å². The van der Waals surface area contributed by atoms with Crippen molar-refractivity contribution in [1.82, 2.24) is 0 Å². The van der Waals surface area contributed by atoms with Gasteiger partial charge in [-0.1, -0.05) is 18.2 Å². The van der Waals surface area contributed by atoms with Crippen molar-refractivity contribution in [1.29, 1.82) is 0 Å². The number of nitrogens with zero attached hydrogens (tertiary/aromatic N) is 1. The highest BCUT2D eigenvalue weighted by atomic mass is 16.1. The van der Waals surface area contributed by atoms with Crippen molar-refractivity contribution in [2.45, 2.75) is 0 Å². The first-order valence-electron chi connectivity index (χ1n) is 3.15. The summed E-state index contributed by atoms with van der Waals surface area (Å²) in [5, 5.41) is 8.29. The highest BCUT2D eigenvalue weighted by Crippen LogP contribution is 2.03. The Morgan fingerprint density at radius 2 is 2.09 bits per heavy atom. The summed E-state index contributed by atoms with van der Waals surface area (Å²) < 4.78 is 0. The van der Waals surface area contributed by atoms with Crippen LogP contribution in [0.4, 0.5) is 0 Å². The van der Waals surface area contributed by atoms with Crippen molar-refractivity contribution >= 4 is 18.2 Å². The van der Waals surface area contributed by atoms with E-state index in [2.05, 4.69) is 0 Å². The van der Waals surface area contributed by atoms with Gasteiger partial charge in [0.2, 0.25) is 0 Å². The second-order valence-electron chi connectivity index (χ2n) is 2.06. The molecular formula is C9H6NO-. The van der Waals surface area contributed by atoms with E-state index in [0.29, 0.717) is 5.56 Å². The molecule has 0 atom stereocenters. The fourth-order valence-electron chi connectivity index (χ4n) is 0.797. The van der Waals surface area contributed by atoms with Crippen LogP contribution in [0, 0.1) is 0 Å². The zero-order chi connectivity index (χ0) is 8.10. The molecule has 54 valence electrons. The van der Waals surface area contributed by atoms with Crippen LogP contribution in [0.2, 0.25) is 0 Å². The van der Waals surface area contributed by atoms with E-state index in [9.17, 15) is 4.79 Å². The predicted molar refractivity (Wildman–Crippen MR) is 44.7 cm³/mol. The van der Waals surface area contributed by atoms with Gasteiger partial charge in [0.05, 0.1) is 0 Å². The third kappa shape index (κ3) is 1.88. The first kappa shape index (κ1) is 7.45.